The van der Waals surface area contributed by atoms with Crippen LogP contribution in [0.25, 0.3) is 0 Å². The lowest BCUT2D eigenvalue weighted by molar-refractivity contribution is -0.137. The van der Waals surface area contributed by atoms with Crippen LogP contribution in [-0.4, -0.2) is 23.7 Å². The van der Waals surface area contributed by atoms with Crippen molar-refractivity contribution in [2.45, 2.75) is 51.5 Å². The molecule has 0 saturated heterocycles. The van der Waals surface area contributed by atoms with Gasteiger partial charge in [0.05, 0.1) is 0 Å². The molecular weight excluding hydrogens is 202 g/mol. The van der Waals surface area contributed by atoms with Gasteiger partial charge in [-0.3, -0.25) is 4.79 Å². The van der Waals surface area contributed by atoms with Gasteiger partial charge in [0.1, 0.15) is 0 Å². The van der Waals surface area contributed by atoms with Gasteiger partial charge in [-0.25, -0.2) is 0 Å². The molecule has 2 bridgehead atoms. The van der Waals surface area contributed by atoms with E-state index >= 15 is 0 Å². The van der Waals surface area contributed by atoms with E-state index in [9.17, 15) is 4.79 Å². The minimum Gasteiger partial charge on any atom is -0.481 e. The summed E-state index contributed by atoms with van der Waals surface area (Å²) in [5.74, 6) is 2.11. The number of carbonyl (C=O) groups is 1. The molecule has 2 N–H and O–H groups in total. The molecule has 0 heterocycles. The van der Waals surface area contributed by atoms with Crippen LogP contribution in [0, 0.1) is 17.8 Å². The lowest BCUT2D eigenvalue weighted by atomic mass is 9.84. The number of rotatable bonds is 6. The summed E-state index contributed by atoms with van der Waals surface area (Å²) in [5, 5.41) is 12.0. The van der Waals surface area contributed by atoms with Crippen molar-refractivity contribution in [3.8, 4) is 0 Å². The minimum atomic E-state index is -0.686. The van der Waals surface area contributed by atoms with Crippen molar-refractivity contribution < 1.29 is 9.90 Å². The topological polar surface area (TPSA) is 49.3 Å². The number of hydrogen-bond donors (Lipinski definition) is 2. The Morgan fingerprint density at radius 3 is 2.81 bits per heavy atom. The molecule has 4 atom stereocenters. The van der Waals surface area contributed by atoms with Crippen LogP contribution in [0.3, 0.4) is 0 Å². The molecule has 3 heteroatoms. The first-order valence-electron chi connectivity index (χ1n) is 6.62. The molecule has 92 valence electrons. The summed E-state index contributed by atoms with van der Waals surface area (Å²) < 4.78 is 0. The first kappa shape index (κ1) is 11.9. The summed E-state index contributed by atoms with van der Waals surface area (Å²) >= 11 is 0. The van der Waals surface area contributed by atoms with Gasteiger partial charge in [0.15, 0.2) is 0 Å². The summed E-state index contributed by atoms with van der Waals surface area (Å²) in [6.07, 6.45) is 6.77. The van der Waals surface area contributed by atoms with E-state index in [0.29, 0.717) is 6.04 Å². The van der Waals surface area contributed by atoms with Crippen LogP contribution in [0.4, 0.5) is 0 Å². The van der Waals surface area contributed by atoms with E-state index in [1.807, 2.05) is 0 Å². The second-order valence-corrected chi connectivity index (χ2v) is 5.58. The molecule has 16 heavy (non-hydrogen) atoms. The number of aliphatic carboxylic acids is 1. The van der Waals surface area contributed by atoms with Crippen molar-refractivity contribution in [3.05, 3.63) is 0 Å². The third-order valence-electron chi connectivity index (χ3n) is 4.47. The Kier molecular flexibility index (Phi) is 3.85. The van der Waals surface area contributed by atoms with Crippen LogP contribution in [0.2, 0.25) is 0 Å². The highest BCUT2D eigenvalue weighted by Gasteiger charge is 2.41. The van der Waals surface area contributed by atoms with Crippen LogP contribution < -0.4 is 5.32 Å². The highest BCUT2D eigenvalue weighted by molar-refractivity contribution is 5.66. The van der Waals surface area contributed by atoms with Gasteiger partial charge in [0, 0.05) is 12.5 Å². The third-order valence-corrected chi connectivity index (χ3v) is 4.47. The third kappa shape index (κ3) is 2.76. The van der Waals surface area contributed by atoms with E-state index in [-0.39, 0.29) is 6.42 Å². The lowest BCUT2D eigenvalue weighted by Crippen LogP contribution is -2.36. The van der Waals surface area contributed by atoms with Gasteiger partial charge in [-0.2, -0.15) is 0 Å². The highest BCUT2D eigenvalue weighted by atomic mass is 16.4. The van der Waals surface area contributed by atoms with Crippen molar-refractivity contribution in [1.29, 1.82) is 0 Å². The first-order chi connectivity index (χ1) is 7.66. The van der Waals surface area contributed by atoms with Gasteiger partial charge in [-0.1, -0.05) is 6.42 Å². The molecule has 0 aromatic carbocycles. The van der Waals surface area contributed by atoms with E-state index in [1.54, 1.807) is 0 Å². The molecule has 2 fully saturated rings. The van der Waals surface area contributed by atoms with Gasteiger partial charge in [0.25, 0.3) is 0 Å². The second kappa shape index (κ2) is 5.17. The summed E-state index contributed by atoms with van der Waals surface area (Å²) in [4.78, 5) is 10.4. The molecule has 0 spiro atoms. The Morgan fingerprint density at radius 2 is 2.25 bits per heavy atom. The molecule has 2 rings (SSSR count). The molecular formula is C13H23NO2. The van der Waals surface area contributed by atoms with Crippen molar-refractivity contribution in [2.24, 2.45) is 17.8 Å². The Bertz CT molecular complexity index is 254. The largest absolute Gasteiger partial charge is 0.481 e. The SMILES string of the molecule is CC(NCCCC(=O)O)C1CC2CCC1C2. The predicted molar refractivity (Wildman–Crippen MR) is 63.3 cm³/mol. The average molecular weight is 225 g/mol. The molecule has 4 unspecified atom stereocenters. The Labute approximate surface area is 97.6 Å². The fourth-order valence-electron chi connectivity index (χ4n) is 3.63. The van der Waals surface area contributed by atoms with Gasteiger partial charge < -0.3 is 10.4 Å². The highest BCUT2D eigenvalue weighted by Crippen LogP contribution is 2.49. The second-order valence-electron chi connectivity index (χ2n) is 5.58. The number of fused-ring (bicyclic) bond motifs is 2. The van der Waals surface area contributed by atoms with Gasteiger partial charge >= 0.3 is 5.97 Å². The lowest BCUT2D eigenvalue weighted by Gasteiger charge is -2.28. The molecule has 0 aliphatic heterocycles. The van der Waals surface area contributed by atoms with Crippen molar-refractivity contribution in [1.82, 2.24) is 5.32 Å². The molecule has 3 nitrogen and oxygen atoms in total. The average Bonchev–Trinajstić information content (AvgIpc) is 2.85. The molecule has 2 saturated carbocycles. The van der Waals surface area contributed by atoms with Crippen LogP contribution in [0.15, 0.2) is 0 Å². The van der Waals surface area contributed by atoms with Crippen molar-refractivity contribution >= 4 is 5.97 Å². The normalized spacial score (nSPS) is 34.2. The minimum absolute atomic E-state index is 0.288. The van der Waals surface area contributed by atoms with E-state index in [2.05, 4.69) is 12.2 Å². The van der Waals surface area contributed by atoms with Gasteiger partial charge in [0.2, 0.25) is 0 Å². The zero-order valence-electron chi connectivity index (χ0n) is 10.1. The maximum Gasteiger partial charge on any atom is 0.303 e. The first-order valence-corrected chi connectivity index (χ1v) is 6.62. The van der Waals surface area contributed by atoms with Gasteiger partial charge in [-0.15, -0.1) is 0 Å². The summed E-state index contributed by atoms with van der Waals surface area (Å²) in [6, 6.07) is 0.573. The molecule has 0 radical (unpaired) electrons. The fourth-order valence-corrected chi connectivity index (χ4v) is 3.63. The van der Waals surface area contributed by atoms with E-state index in [1.165, 1.54) is 25.7 Å². The zero-order valence-corrected chi connectivity index (χ0v) is 10.1. The number of hydrogen-bond acceptors (Lipinski definition) is 2. The van der Waals surface area contributed by atoms with Crippen LogP contribution in [0.5, 0.6) is 0 Å². The number of carboxylic acids is 1. The Hall–Kier alpha value is -0.570. The Morgan fingerprint density at radius 1 is 1.44 bits per heavy atom. The molecule has 0 amide bonds. The van der Waals surface area contributed by atoms with Crippen molar-refractivity contribution in [3.63, 3.8) is 0 Å². The van der Waals surface area contributed by atoms with Crippen LogP contribution in [0.1, 0.15) is 45.4 Å². The van der Waals surface area contributed by atoms with Gasteiger partial charge in [-0.05, 0) is 56.9 Å². The smallest absolute Gasteiger partial charge is 0.303 e. The van der Waals surface area contributed by atoms with Crippen LogP contribution in [-0.2, 0) is 4.79 Å². The molecule has 0 aromatic heterocycles. The van der Waals surface area contributed by atoms with E-state index < -0.39 is 5.97 Å². The maximum atomic E-state index is 10.4. The molecule has 2 aliphatic carbocycles. The fraction of sp³-hybridized carbons (Fsp3) is 0.923. The van der Waals surface area contributed by atoms with E-state index in [4.69, 9.17) is 5.11 Å². The summed E-state index contributed by atoms with van der Waals surface area (Å²) in [5.41, 5.74) is 0. The molecule has 0 aromatic rings. The zero-order chi connectivity index (χ0) is 11.5. The number of nitrogens with one attached hydrogen (secondary N) is 1. The standard InChI is InChI=1S/C13H23NO2/c1-9(14-6-2-3-13(15)16)12-8-10-4-5-11(12)7-10/h9-12,14H,2-8H2,1H3,(H,15,16). The summed E-state index contributed by atoms with van der Waals surface area (Å²) in [7, 11) is 0. The van der Waals surface area contributed by atoms with Crippen molar-refractivity contribution in [2.75, 3.05) is 6.54 Å². The van der Waals surface area contributed by atoms with E-state index in [0.717, 1.165) is 30.7 Å². The summed E-state index contributed by atoms with van der Waals surface area (Å²) in [6.45, 7) is 3.12. The maximum absolute atomic E-state index is 10.4. The molecule has 2 aliphatic rings. The number of carboxylic acid groups (broad SMARTS) is 1. The predicted octanol–water partition coefficient (Wildman–Crippen LogP) is 2.27. The Balaban J connectivity index is 1.64. The van der Waals surface area contributed by atoms with Crippen LogP contribution >= 0.6 is 0 Å². The quantitative estimate of drug-likeness (QED) is 0.682. The monoisotopic (exact) mass is 225 g/mol.